The summed E-state index contributed by atoms with van der Waals surface area (Å²) in [6.07, 6.45) is 0. The number of hydrogen-bond acceptors (Lipinski definition) is 3. The van der Waals surface area contributed by atoms with Crippen LogP contribution in [0.1, 0.15) is 20.7 Å². The number of carbonyl (C=O) groups excluding carboxylic acids is 2. The fraction of sp³-hybridized carbons (Fsp3) is 0.263. The molecule has 2 amide bonds. The maximum atomic E-state index is 12.9. The average molecular weight is 392 g/mol. The number of piperazine rings is 1. The first kappa shape index (κ1) is 18.7. The zero-order valence-electron chi connectivity index (χ0n) is 14.3. The lowest BCUT2D eigenvalue weighted by molar-refractivity contribution is 0.0665. The molecule has 2 aromatic rings. The predicted molar refractivity (Wildman–Crippen MR) is 104 cm³/mol. The van der Waals surface area contributed by atoms with Gasteiger partial charge in [0.05, 0.1) is 21.8 Å². The molecule has 0 aromatic heterocycles. The summed E-state index contributed by atoms with van der Waals surface area (Å²) >= 11 is 12.0. The van der Waals surface area contributed by atoms with Crippen LogP contribution < -0.4 is 5.32 Å². The Morgan fingerprint density at radius 2 is 1.65 bits per heavy atom. The molecule has 0 unspecified atom stereocenters. The molecule has 1 heterocycles. The largest absolute Gasteiger partial charge is 0.336 e. The smallest absolute Gasteiger partial charge is 0.257 e. The zero-order chi connectivity index (χ0) is 18.7. The molecule has 1 aliphatic heterocycles. The van der Waals surface area contributed by atoms with Crippen molar-refractivity contribution in [3.05, 3.63) is 63.6 Å². The van der Waals surface area contributed by atoms with E-state index in [1.54, 1.807) is 41.3 Å². The first-order valence-corrected chi connectivity index (χ1v) is 9.04. The van der Waals surface area contributed by atoms with E-state index in [9.17, 15) is 9.59 Å². The Balaban J connectivity index is 1.81. The van der Waals surface area contributed by atoms with Crippen molar-refractivity contribution in [1.29, 1.82) is 0 Å². The number of likely N-dealkylation sites (N-methyl/N-ethyl adjacent to an activating group) is 1. The number of rotatable bonds is 3. The van der Waals surface area contributed by atoms with Gasteiger partial charge in [-0.05, 0) is 37.4 Å². The number of para-hydroxylation sites is 1. The lowest BCUT2D eigenvalue weighted by atomic mass is 10.1. The van der Waals surface area contributed by atoms with Gasteiger partial charge >= 0.3 is 0 Å². The van der Waals surface area contributed by atoms with Crippen LogP contribution in [0.2, 0.25) is 10.0 Å². The van der Waals surface area contributed by atoms with Crippen LogP contribution in [0.5, 0.6) is 0 Å². The van der Waals surface area contributed by atoms with Crippen molar-refractivity contribution in [2.45, 2.75) is 0 Å². The molecule has 0 atom stereocenters. The van der Waals surface area contributed by atoms with Crippen molar-refractivity contribution in [1.82, 2.24) is 9.80 Å². The minimum Gasteiger partial charge on any atom is -0.336 e. The van der Waals surface area contributed by atoms with Crippen molar-refractivity contribution in [2.24, 2.45) is 0 Å². The van der Waals surface area contributed by atoms with E-state index in [1.807, 2.05) is 7.05 Å². The van der Waals surface area contributed by atoms with E-state index in [-0.39, 0.29) is 16.8 Å². The number of benzene rings is 2. The van der Waals surface area contributed by atoms with Gasteiger partial charge in [-0.3, -0.25) is 9.59 Å². The van der Waals surface area contributed by atoms with Gasteiger partial charge in [-0.1, -0.05) is 35.3 Å². The molecule has 5 nitrogen and oxygen atoms in total. The Hall–Kier alpha value is -2.08. The summed E-state index contributed by atoms with van der Waals surface area (Å²) in [5.41, 5.74) is 1.24. The van der Waals surface area contributed by atoms with Gasteiger partial charge in [-0.25, -0.2) is 0 Å². The normalized spacial score (nSPS) is 15.0. The molecule has 0 aliphatic carbocycles. The third kappa shape index (κ3) is 4.18. The fourth-order valence-corrected chi connectivity index (χ4v) is 3.32. The standard InChI is InChI=1S/C19H19Cl2N3O2/c1-23-8-10-24(11-9-23)19(26)15-4-2-3-5-17(15)22-18(25)14-7-6-13(20)12-16(14)21/h2-7,12H,8-11H2,1H3,(H,22,25). The number of amides is 2. The van der Waals surface area contributed by atoms with Gasteiger partial charge in [0.2, 0.25) is 0 Å². The van der Waals surface area contributed by atoms with Crippen LogP contribution in [0.25, 0.3) is 0 Å². The number of nitrogens with one attached hydrogen (secondary N) is 1. The summed E-state index contributed by atoms with van der Waals surface area (Å²) in [7, 11) is 2.03. The van der Waals surface area contributed by atoms with Gasteiger partial charge in [0.1, 0.15) is 0 Å². The fourth-order valence-electron chi connectivity index (χ4n) is 2.82. The topological polar surface area (TPSA) is 52.6 Å². The van der Waals surface area contributed by atoms with Gasteiger partial charge in [-0.2, -0.15) is 0 Å². The van der Waals surface area contributed by atoms with Crippen LogP contribution in [0, 0.1) is 0 Å². The molecule has 26 heavy (non-hydrogen) atoms. The molecule has 0 spiro atoms. The Morgan fingerprint density at radius 1 is 0.962 bits per heavy atom. The third-order valence-corrected chi connectivity index (χ3v) is 4.92. The van der Waals surface area contributed by atoms with Crippen molar-refractivity contribution in [3.63, 3.8) is 0 Å². The van der Waals surface area contributed by atoms with E-state index in [2.05, 4.69) is 10.2 Å². The number of carbonyl (C=O) groups is 2. The first-order valence-electron chi connectivity index (χ1n) is 8.29. The summed E-state index contributed by atoms with van der Waals surface area (Å²) < 4.78 is 0. The number of hydrogen-bond donors (Lipinski definition) is 1. The number of nitrogens with zero attached hydrogens (tertiary/aromatic N) is 2. The Bertz CT molecular complexity index is 833. The summed E-state index contributed by atoms with van der Waals surface area (Å²) in [6, 6.07) is 11.7. The Morgan fingerprint density at radius 3 is 2.35 bits per heavy atom. The van der Waals surface area contributed by atoms with E-state index in [0.717, 1.165) is 13.1 Å². The SMILES string of the molecule is CN1CCN(C(=O)c2ccccc2NC(=O)c2ccc(Cl)cc2Cl)CC1. The monoisotopic (exact) mass is 391 g/mol. The molecule has 0 saturated carbocycles. The minimum atomic E-state index is -0.384. The zero-order valence-corrected chi connectivity index (χ0v) is 15.8. The molecule has 1 fully saturated rings. The lowest BCUT2D eigenvalue weighted by Gasteiger charge is -2.32. The van der Waals surface area contributed by atoms with Crippen molar-refractivity contribution < 1.29 is 9.59 Å². The summed E-state index contributed by atoms with van der Waals surface area (Å²) in [6.45, 7) is 3.00. The van der Waals surface area contributed by atoms with Gasteiger partial charge in [0.15, 0.2) is 0 Å². The molecule has 0 bridgehead atoms. The first-order chi connectivity index (χ1) is 12.5. The van der Waals surface area contributed by atoms with Crippen LogP contribution >= 0.6 is 23.2 Å². The summed E-state index contributed by atoms with van der Waals surface area (Å²) in [4.78, 5) is 29.4. The van der Waals surface area contributed by atoms with E-state index in [0.29, 0.717) is 34.9 Å². The minimum absolute atomic E-state index is 0.0868. The highest BCUT2D eigenvalue weighted by molar-refractivity contribution is 6.37. The number of halogens is 2. The second kappa shape index (κ2) is 8.08. The van der Waals surface area contributed by atoms with E-state index in [4.69, 9.17) is 23.2 Å². The van der Waals surface area contributed by atoms with Gasteiger partial charge in [0, 0.05) is 31.2 Å². The lowest BCUT2D eigenvalue weighted by Crippen LogP contribution is -2.47. The van der Waals surface area contributed by atoms with E-state index in [1.165, 1.54) is 6.07 Å². The molecule has 2 aromatic carbocycles. The molecule has 1 saturated heterocycles. The number of anilines is 1. The summed E-state index contributed by atoms with van der Waals surface area (Å²) in [5.74, 6) is -0.471. The molecular weight excluding hydrogens is 373 g/mol. The molecular formula is C19H19Cl2N3O2. The van der Waals surface area contributed by atoms with Crippen LogP contribution in [0.15, 0.2) is 42.5 Å². The highest BCUT2D eigenvalue weighted by Gasteiger charge is 2.23. The molecule has 7 heteroatoms. The average Bonchev–Trinajstić information content (AvgIpc) is 2.62. The van der Waals surface area contributed by atoms with E-state index >= 15 is 0 Å². The van der Waals surface area contributed by atoms with E-state index < -0.39 is 0 Å². The highest BCUT2D eigenvalue weighted by Crippen LogP contribution is 2.24. The van der Waals surface area contributed by atoms with Gasteiger partial charge < -0.3 is 15.1 Å². The van der Waals surface area contributed by atoms with Crippen LogP contribution in [-0.2, 0) is 0 Å². The molecule has 3 rings (SSSR count). The summed E-state index contributed by atoms with van der Waals surface area (Å²) in [5, 5.41) is 3.51. The van der Waals surface area contributed by atoms with Crippen LogP contribution in [0.3, 0.4) is 0 Å². The Kier molecular flexibility index (Phi) is 5.81. The second-order valence-corrected chi connectivity index (χ2v) is 7.06. The van der Waals surface area contributed by atoms with Crippen molar-refractivity contribution >= 4 is 40.7 Å². The molecule has 136 valence electrons. The maximum Gasteiger partial charge on any atom is 0.257 e. The second-order valence-electron chi connectivity index (χ2n) is 6.22. The van der Waals surface area contributed by atoms with Crippen molar-refractivity contribution in [2.75, 3.05) is 38.5 Å². The van der Waals surface area contributed by atoms with Gasteiger partial charge in [0.25, 0.3) is 11.8 Å². The quantitative estimate of drug-likeness (QED) is 0.868. The molecule has 1 aliphatic rings. The van der Waals surface area contributed by atoms with Crippen LogP contribution in [-0.4, -0.2) is 54.8 Å². The molecule has 0 radical (unpaired) electrons. The predicted octanol–water partition coefficient (Wildman–Crippen LogP) is 3.63. The van der Waals surface area contributed by atoms with Gasteiger partial charge in [-0.15, -0.1) is 0 Å². The van der Waals surface area contributed by atoms with Crippen LogP contribution in [0.4, 0.5) is 5.69 Å². The Labute approximate surface area is 162 Å². The third-order valence-electron chi connectivity index (χ3n) is 4.37. The molecule has 1 N–H and O–H groups in total. The highest BCUT2D eigenvalue weighted by atomic mass is 35.5. The maximum absolute atomic E-state index is 12.9. The van der Waals surface area contributed by atoms with Crippen molar-refractivity contribution in [3.8, 4) is 0 Å².